The van der Waals surface area contributed by atoms with Crippen LogP contribution in [0.3, 0.4) is 0 Å². The van der Waals surface area contributed by atoms with E-state index in [1.165, 1.54) is 6.07 Å². The van der Waals surface area contributed by atoms with Crippen LogP contribution in [-0.2, 0) is 16.1 Å². The summed E-state index contributed by atoms with van der Waals surface area (Å²) in [5.74, 6) is -1.19. The van der Waals surface area contributed by atoms with Crippen molar-refractivity contribution in [3.63, 3.8) is 0 Å². The first-order valence-corrected chi connectivity index (χ1v) is 9.51. The van der Waals surface area contributed by atoms with Crippen molar-refractivity contribution < 1.29 is 19.1 Å². The van der Waals surface area contributed by atoms with Crippen LogP contribution in [0.15, 0.2) is 24.3 Å². The summed E-state index contributed by atoms with van der Waals surface area (Å²) in [4.78, 5) is 25.9. The molecule has 0 aromatic heterocycles. The van der Waals surface area contributed by atoms with Crippen molar-refractivity contribution in [3.05, 3.63) is 35.6 Å². The minimum Gasteiger partial charge on any atom is -0.481 e. The number of nitrogens with one attached hydrogen (secondary N) is 1. The van der Waals surface area contributed by atoms with Gasteiger partial charge in [0.25, 0.3) is 0 Å². The van der Waals surface area contributed by atoms with E-state index >= 15 is 0 Å². The molecule has 2 fully saturated rings. The molecule has 1 heterocycles. The zero-order valence-electron chi connectivity index (χ0n) is 15.0. The quantitative estimate of drug-likeness (QED) is 0.845. The van der Waals surface area contributed by atoms with Crippen molar-refractivity contribution in [1.82, 2.24) is 10.2 Å². The molecular weight excluding hydrogens is 335 g/mol. The Labute approximate surface area is 153 Å². The van der Waals surface area contributed by atoms with E-state index in [0.29, 0.717) is 25.9 Å². The molecule has 1 aromatic carbocycles. The second-order valence-corrected chi connectivity index (χ2v) is 7.60. The van der Waals surface area contributed by atoms with Crippen LogP contribution < -0.4 is 5.32 Å². The van der Waals surface area contributed by atoms with Gasteiger partial charge in [0.05, 0.1) is 11.8 Å². The zero-order chi connectivity index (χ0) is 18.5. The van der Waals surface area contributed by atoms with Crippen molar-refractivity contribution in [3.8, 4) is 0 Å². The monoisotopic (exact) mass is 362 g/mol. The van der Waals surface area contributed by atoms with E-state index in [2.05, 4.69) is 10.2 Å². The number of carboxylic acid groups (broad SMARTS) is 1. The summed E-state index contributed by atoms with van der Waals surface area (Å²) in [6, 6.07) is 6.70. The number of likely N-dealkylation sites (tertiary alicyclic amines) is 1. The molecule has 26 heavy (non-hydrogen) atoms. The molecule has 3 rings (SSSR count). The number of carboxylic acids is 1. The molecule has 6 heteroatoms. The lowest BCUT2D eigenvalue weighted by Crippen LogP contribution is -2.46. The second-order valence-electron chi connectivity index (χ2n) is 7.60. The van der Waals surface area contributed by atoms with Gasteiger partial charge in [0.15, 0.2) is 0 Å². The molecule has 1 aromatic rings. The van der Waals surface area contributed by atoms with E-state index in [1.807, 2.05) is 6.07 Å². The summed E-state index contributed by atoms with van der Waals surface area (Å²) < 4.78 is 13.3. The number of nitrogens with zero attached hydrogens (tertiary/aromatic N) is 1. The lowest BCUT2D eigenvalue weighted by atomic mass is 9.85. The summed E-state index contributed by atoms with van der Waals surface area (Å²) in [6.45, 7) is 2.27. The van der Waals surface area contributed by atoms with E-state index < -0.39 is 5.97 Å². The highest BCUT2D eigenvalue weighted by Gasteiger charge is 2.30. The minimum atomic E-state index is -0.727. The Morgan fingerprint density at radius 1 is 1.15 bits per heavy atom. The number of hydrogen-bond donors (Lipinski definition) is 2. The van der Waals surface area contributed by atoms with Gasteiger partial charge >= 0.3 is 5.97 Å². The first-order valence-electron chi connectivity index (χ1n) is 9.51. The van der Waals surface area contributed by atoms with Gasteiger partial charge in [0.2, 0.25) is 5.91 Å². The number of carbonyl (C=O) groups excluding carboxylic acids is 1. The van der Waals surface area contributed by atoms with Gasteiger partial charge in [0, 0.05) is 19.1 Å². The fourth-order valence-electron chi connectivity index (χ4n) is 4.11. The van der Waals surface area contributed by atoms with Crippen LogP contribution in [-0.4, -0.2) is 41.0 Å². The Kier molecular flexibility index (Phi) is 6.25. The Morgan fingerprint density at radius 3 is 2.62 bits per heavy atom. The van der Waals surface area contributed by atoms with E-state index in [0.717, 1.165) is 37.8 Å². The van der Waals surface area contributed by atoms with Crippen LogP contribution in [0.25, 0.3) is 0 Å². The Bertz CT molecular complexity index is 644. The van der Waals surface area contributed by atoms with Gasteiger partial charge in [-0.1, -0.05) is 12.1 Å². The molecule has 0 radical (unpaired) electrons. The average molecular weight is 362 g/mol. The number of amides is 1. The Hall–Kier alpha value is -1.95. The van der Waals surface area contributed by atoms with Crippen LogP contribution in [0, 0.1) is 17.7 Å². The van der Waals surface area contributed by atoms with Gasteiger partial charge in [-0.15, -0.1) is 0 Å². The molecule has 0 bridgehead atoms. The molecule has 1 atom stereocenters. The molecular formula is C20H27FN2O3. The number of aliphatic carboxylic acids is 1. The van der Waals surface area contributed by atoms with Gasteiger partial charge in [-0.25, -0.2) is 4.39 Å². The van der Waals surface area contributed by atoms with Gasteiger partial charge in [-0.3, -0.25) is 14.5 Å². The lowest BCUT2D eigenvalue weighted by molar-refractivity contribution is -0.142. The maximum atomic E-state index is 13.3. The molecule has 142 valence electrons. The lowest BCUT2D eigenvalue weighted by Gasteiger charge is -2.34. The highest BCUT2D eigenvalue weighted by atomic mass is 19.1. The van der Waals surface area contributed by atoms with Gasteiger partial charge in [0.1, 0.15) is 5.82 Å². The zero-order valence-corrected chi connectivity index (χ0v) is 15.0. The number of hydrogen-bond acceptors (Lipinski definition) is 3. The fraction of sp³-hybridized carbons (Fsp3) is 0.600. The summed E-state index contributed by atoms with van der Waals surface area (Å²) >= 11 is 0. The molecule has 5 nitrogen and oxygen atoms in total. The SMILES string of the molecule is O=C(O)C1CCC(NC(=O)[C@@H]2CCCN(Cc3cccc(F)c3)C2)CC1. The van der Waals surface area contributed by atoms with Crippen LogP contribution >= 0.6 is 0 Å². The Morgan fingerprint density at radius 2 is 1.92 bits per heavy atom. The number of rotatable bonds is 5. The number of piperidine rings is 1. The van der Waals surface area contributed by atoms with Crippen LogP contribution in [0.5, 0.6) is 0 Å². The Balaban J connectivity index is 1.48. The van der Waals surface area contributed by atoms with Crippen molar-refractivity contribution in [2.45, 2.75) is 51.1 Å². The van der Waals surface area contributed by atoms with E-state index in [-0.39, 0.29) is 29.6 Å². The smallest absolute Gasteiger partial charge is 0.306 e. The van der Waals surface area contributed by atoms with Crippen molar-refractivity contribution in [2.24, 2.45) is 11.8 Å². The third-order valence-electron chi connectivity index (χ3n) is 5.59. The molecule has 2 aliphatic rings. The maximum absolute atomic E-state index is 13.3. The molecule has 0 spiro atoms. The maximum Gasteiger partial charge on any atom is 0.306 e. The third-order valence-corrected chi connectivity index (χ3v) is 5.59. The standard InChI is InChI=1S/C20H27FN2O3/c21-17-5-1-3-14(11-17)12-23-10-2-4-16(13-23)19(24)22-18-8-6-15(7-9-18)20(25)26/h1,3,5,11,15-16,18H,2,4,6-10,12-13H2,(H,22,24)(H,25,26)/t15?,16-,18?/m1/s1. The number of benzene rings is 1. The number of halogens is 1. The van der Waals surface area contributed by atoms with Crippen LogP contribution in [0.1, 0.15) is 44.1 Å². The normalized spacial score (nSPS) is 27.0. The first kappa shape index (κ1) is 18.8. The van der Waals surface area contributed by atoms with E-state index in [1.54, 1.807) is 12.1 Å². The fourth-order valence-corrected chi connectivity index (χ4v) is 4.11. The topological polar surface area (TPSA) is 69.6 Å². The average Bonchev–Trinajstić information content (AvgIpc) is 2.62. The van der Waals surface area contributed by atoms with Gasteiger partial charge < -0.3 is 10.4 Å². The predicted octanol–water partition coefficient (Wildman–Crippen LogP) is 2.80. The predicted molar refractivity (Wildman–Crippen MR) is 95.9 cm³/mol. The largest absolute Gasteiger partial charge is 0.481 e. The van der Waals surface area contributed by atoms with Gasteiger partial charge in [-0.2, -0.15) is 0 Å². The number of carbonyl (C=O) groups is 2. The highest BCUT2D eigenvalue weighted by molar-refractivity contribution is 5.79. The van der Waals surface area contributed by atoms with Crippen LogP contribution in [0.2, 0.25) is 0 Å². The summed E-state index contributed by atoms with van der Waals surface area (Å²) in [5, 5.41) is 12.2. The summed E-state index contributed by atoms with van der Waals surface area (Å²) in [7, 11) is 0. The first-order chi connectivity index (χ1) is 12.5. The van der Waals surface area contributed by atoms with Crippen molar-refractivity contribution in [1.29, 1.82) is 0 Å². The van der Waals surface area contributed by atoms with E-state index in [4.69, 9.17) is 5.11 Å². The van der Waals surface area contributed by atoms with Gasteiger partial charge in [-0.05, 0) is 62.8 Å². The molecule has 2 N–H and O–H groups in total. The van der Waals surface area contributed by atoms with Crippen molar-refractivity contribution >= 4 is 11.9 Å². The van der Waals surface area contributed by atoms with Crippen LogP contribution in [0.4, 0.5) is 4.39 Å². The molecule has 1 amide bonds. The molecule has 1 aliphatic heterocycles. The van der Waals surface area contributed by atoms with Crippen molar-refractivity contribution in [2.75, 3.05) is 13.1 Å². The minimum absolute atomic E-state index is 0.0468. The molecule has 1 saturated carbocycles. The molecule has 1 aliphatic carbocycles. The summed E-state index contributed by atoms with van der Waals surface area (Å²) in [6.07, 6.45) is 4.58. The summed E-state index contributed by atoms with van der Waals surface area (Å²) in [5.41, 5.74) is 0.929. The molecule has 1 saturated heterocycles. The second kappa shape index (κ2) is 8.62. The van der Waals surface area contributed by atoms with E-state index in [9.17, 15) is 14.0 Å². The molecule has 0 unspecified atom stereocenters. The highest BCUT2D eigenvalue weighted by Crippen LogP contribution is 2.25. The third kappa shape index (κ3) is 5.04.